The van der Waals surface area contributed by atoms with Crippen LogP contribution in [0.3, 0.4) is 0 Å². The predicted molar refractivity (Wildman–Crippen MR) is 85.2 cm³/mol. The fourth-order valence-corrected chi connectivity index (χ4v) is 3.23. The highest BCUT2D eigenvalue weighted by molar-refractivity contribution is 5.22. The summed E-state index contributed by atoms with van der Waals surface area (Å²) in [6, 6.07) is 0.295. The second-order valence-corrected chi connectivity index (χ2v) is 6.17. The van der Waals surface area contributed by atoms with E-state index in [0.717, 1.165) is 37.3 Å². The van der Waals surface area contributed by atoms with Gasteiger partial charge in [-0.2, -0.15) is 0 Å². The summed E-state index contributed by atoms with van der Waals surface area (Å²) in [5.41, 5.74) is 1.99. The van der Waals surface area contributed by atoms with E-state index in [9.17, 15) is 0 Å². The van der Waals surface area contributed by atoms with Crippen LogP contribution in [0.2, 0.25) is 0 Å². The third-order valence-electron chi connectivity index (χ3n) is 4.64. The number of ether oxygens (including phenoxy) is 1. The van der Waals surface area contributed by atoms with Gasteiger partial charge in [-0.05, 0) is 39.7 Å². The number of aryl methyl sites for hydroxylation is 1. The van der Waals surface area contributed by atoms with Crippen molar-refractivity contribution >= 4 is 0 Å². The van der Waals surface area contributed by atoms with Gasteiger partial charge in [0.05, 0.1) is 0 Å². The zero-order valence-electron chi connectivity index (χ0n) is 13.9. The minimum absolute atomic E-state index is 0.262. The zero-order valence-corrected chi connectivity index (χ0v) is 13.9. The highest BCUT2D eigenvalue weighted by Gasteiger charge is 2.37. The van der Waals surface area contributed by atoms with Crippen LogP contribution in [-0.4, -0.2) is 23.6 Å². The molecule has 0 aromatic carbocycles. The van der Waals surface area contributed by atoms with E-state index in [1.54, 1.807) is 7.11 Å². The van der Waals surface area contributed by atoms with Crippen LogP contribution in [0, 0.1) is 6.92 Å². The molecular formula is C17H29N3O. The van der Waals surface area contributed by atoms with Crippen molar-refractivity contribution in [1.29, 1.82) is 0 Å². The Morgan fingerprint density at radius 2 is 2.05 bits per heavy atom. The molecule has 4 heteroatoms. The van der Waals surface area contributed by atoms with Crippen LogP contribution in [-0.2, 0) is 10.3 Å². The van der Waals surface area contributed by atoms with Gasteiger partial charge in [0.25, 0.3) is 0 Å². The van der Waals surface area contributed by atoms with E-state index in [1.807, 2.05) is 6.20 Å². The van der Waals surface area contributed by atoms with E-state index in [1.165, 1.54) is 24.8 Å². The van der Waals surface area contributed by atoms with Gasteiger partial charge in [-0.15, -0.1) is 0 Å². The molecule has 21 heavy (non-hydrogen) atoms. The van der Waals surface area contributed by atoms with E-state index in [4.69, 9.17) is 9.72 Å². The normalized spacial score (nSPS) is 19.4. The lowest BCUT2D eigenvalue weighted by Crippen LogP contribution is -2.34. The number of methoxy groups -OCH3 is 1. The first-order chi connectivity index (χ1) is 10.1. The first kappa shape index (κ1) is 16.4. The average Bonchev–Trinajstić information content (AvgIpc) is 2.53. The van der Waals surface area contributed by atoms with Gasteiger partial charge < -0.3 is 10.1 Å². The summed E-state index contributed by atoms with van der Waals surface area (Å²) in [4.78, 5) is 9.45. The topological polar surface area (TPSA) is 47.0 Å². The van der Waals surface area contributed by atoms with E-state index in [-0.39, 0.29) is 5.60 Å². The monoisotopic (exact) mass is 291 g/mol. The molecule has 0 spiro atoms. The molecular weight excluding hydrogens is 262 g/mol. The third kappa shape index (κ3) is 3.61. The van der Waals surface area contributed by atoms with Crippen molar-refractivity contribution in [3.63, 3.8) is 0 Å². The van der Waals surface area contributed by atoms with Crippen LogP contribution in [0.4, 0.5) is 0 Å². The minimum Gasteiger partial charge on any atom is -0.370 e. The molecule has 1 saturated carbocycles. The van der Waals surface area contributed by atoms with Crippen molar-refractivity contribution < 1.29 is 4.74 Å². The molecule has 118 valence electrons. The smallest absolute Gasteiger partial charge is 0.160 e. The Hall–Kier alpha value is -1.00. The number of nitrogens with one attached hydrogen (secondary N) is 1. The quantitative estimate of drug-likeness (QED) is 0.869. The molecule has 1 N–H and O–H groups in total. The molecule has 2 rings (SSSR count). The van der Waals surface area contributed by atoms with Crippen LogP contribution in [0.15, 0.2) is 6.20 Å². The van der Waals surface area contributed by atoms with Gasteiger partial charge in [-0.1, -0.05) is 26.2 Å². The Labute approximate surface area is 128 Å². The minimum atomic E-state index is -0.262. The molecule has 0 bridgehead atoms. The highest BCUT2D eigenvalue weighted by Crippen LogP contribution is 2.38. The Balaban J connectivity index is 2.21. The van der Waals surface area contributed by atoms with Gasteiger partial charge in [0.2, 0.25) is 0 Å². The summed E-state index contributed by atoms with van der Waals surface area (Å²) in [5.74, 6) is 0.869. The van der Waals surface area contributed by atoms with E-state index >= 15 is 0 Å². The fraction of sp³-hybridized carbons (Fsp3) is 0.765. The molecule has 1 fully saturated rings. The lowest BCUT2D eigenvalue weighted by atomic mass is 9.83. The Bertz CT molecular complexity index is 455. The fourth-order valence-electron chi connectivity index (χ4n) is 3.23. The Morgan fingerprint density at radius 1 is 1.33 bits per heavy atom. The van der Waals surface area contributed by atoms with Crippen molar-refractivity contribution in [3.8, 4) is 0 Å². The molecule has 0 aliphatic heterocycles. The standard InChI is InChI=1S/C17H29N3O/c1-5-11-18-13(2)15-12-19-16(20-14(15)3)17(21-4)9-7-6-8-10-17/h12-13,18H,5-11H2,1-4H3. The molecule has 0 amide bonds. The number of rotatable bonds is 6. The summed E-state index contributed by atoms with van der Waals surface area (Å²) in [7, 11) is 1.79. The van der Waals surface area contributed by atoms with Crippen molar-refractivity contribution in [2.45, 2.75) is 70.9 Å². The van der Waals surface area contributed by atoms with Gasteiger partial charge in [-0.25, -0.2) is 9.97 Å². The lowest BCUT2D eigenvalue weighted by molar-refractivity contribution is -0.0516. The Morgan fingerprint density at radius 3 is 2.62 bits per heavy atom. The van der Waals surface area contributed by atoms with Gasteiger partial charge in [-0.3, -0.25) is 0 Å². The molecule has 1 heterocycles. The molecule has 1 aromatic rings. The second-order valence-electron chi connectivity index (χ2n) is 6.17. The molecule has 1 atom stereocenters. The SMILES string of the molecule is CCCNC(C)c1cnc(C2(OC)CCCCC2)nc1C. The van der Waals surface area contributed by atoms with Crippen LogP contribution >= 0.6 is 0 Å². The maximum Gasteiger partial charge on any atom is 0.160 e. The first-order valence-corrected chi connectivity index (χ1v) is 8.25. The van der Waals surface area contributed by atoms with Crippen molar-refractivity contribution in [3.05, 3.63) is 23.3 Å². The maximum atomic E-state index is 5.84. The number of nitrogens with zero attached hydrogens (tertiary/aromatic N) is 2. The summed E-state index contributed by atoms with van der Waals surface area (Å²) >= 11 is 0. The van der Waals surface area contributed by atoms with Crippen LogP contribution in [0.25, 0.3) is 0 Å². The third-order valence-corrected chi connectivity index (χ3v) is 4.64. The number of hydrogen-bond acceptors (Lipinski definition) is 4. The summed E-state index contributed by atoms with van der Waals surface area (Å²) < 4.78 is 5.84. The summed E-state index contributed by atoms with van der Waals surface area (Å²) in [6.07, 6.45) is 8.88. The van der Waals surface area contributed by atoms with Gasteiger partial charge in [0.15, 0.2) is 5.82 Å². The van der Waals surface area contributed by atoms with Gasteiger partial charge in [0, 0.05) is 30.6 Å². The predicted octanol–water partition coefficient (Wildman–Crippen LogP) is 3.65. The lowest BCUT2D eigenvalue weighted by Gasteiger charge is -2.34. The van der Waals surface area contributed by atoms with E-state index in [2.05, 4.69) is 31.1 Å². The maximum absolute atomic E-state index is 5.84. The number of hydrogen-bond donors (Lipinski definition) is 1. The van der Waals surface area contributed by atoms with Crippen molar-refractivity contribution in [1.82, 2.24) is 15.3 Å². The summed E-state index contributed by atoms with van der Waals surface area (Å²) in [5, 5.41) is 3.50. The zero-order chi connectivity index (χ0) is 15.3. The Kier molecular flexibility index (Phi) is 5.71. The van der Waals surface area contributed by atoms with Gasteiger partial charge in [0.1, 0.15) is 5.60 Å². The van der Waals surface area contributed by atoms with Crippen molar-refractivity contribution in [2.24, 2.45) is 0 Å². The van der Waals surface area contributed by atoms with E-state index < -0.39 is 0 Å². The average molecular weight is 291 g/mol. The molecule has 1 aromatic heterocycles. The number of aromatic nitrogens is 2. The molecule has 1 aliphatic carbocycles. The van der Waals surface area contributed by atoms with Gasteiger partial charge >= 0.3 is 0 Å². The summed E-state index contributed by atoms with van der Waals surface area (Å²) in [6.45, 7) is 7.45. The van der Waals surface area contributed by atoms with Crippen LogP contribution in [0.1, 0.15) is 75.5 Å². The van der Waals surface area contributed by atoms with E-state index in [0.29, 0.717) is 6.04 Å². The molecule has 0 radical (unpaired) electrons. The first-order valence-electron chi connectivity index (χ1n) is 8.25. The largest absolute Gasteiger partial charge is 0.370 e. The molecule has 0 saturated heterocycles. The van der Waals surface area contributed by atoms with Crippen LogP contribution < -0.4 is 5.32 Å². The molecule has 1 aliphatic rings. The van der Waals surface area contributed by atoms with Crippen LogP contribution in [0.5, 0.6) is 0 Å². The van der Waals surface area contributed by atoms with Crippen molar-refractivity contribution in [2.75, 3.05) is 13.7 Å². The molecule has 4 nitrogen and oxygen atoms in total. The molecule has 1 unspecified atom stereocenters. The second kappa shape index (κ2) is 7.32. The highest BCUT2D eigenvalue weighted by atomic mass is 16.5.